The Morgan fingerprint density at radius 3 is 2.38 bits per heavy atom. The molecule has 0 bridgehead atoms. The summed E-state index contributed by atoms with van der Waals surface area (Å²) in [5, 5.41) is 0.725. The maximum Gasteiger partial charge on any atom is 0.119 e. The standard InChI is InChI=1S/C12H18ClNO2/c13-11-3-5-12(6-4-11)16-9-2-1-8-15-10-7-14/h3-6H,1-2,7-10,14H2. The summed E-state index contributed by atoms with van der Waals surface area (Å²) >= 11 is 5.76. The highest BCUT2D eigenvalue weighted by Gasteiger charge is 1.94. The van der Waals surface area contributed by atoms with Crippen LogP contribution in [0.1, 0.15) is 12.8 Å². The van der Waals surface area contributed by atoms with Crippen LogP contribution >= 0.6 is 11.6 Å². The van der Waals surface area contributed by atoms with Crippen molar-refractivity contribution in [3.63, 3.8) is 0 Å². The van der Waals surface area contributed by atoms with Gasteiger partial charge in [0.2, 0.25) is 0 Å². The highest BCUT2D eigenvalue weighted by molar-refractivity contribution is 6.30. The lowest BCUT2D eigenvalue weighted by Crippen LogP contribution is -2.09. The Labute approximate surface area is 101 Å². The third kappa shape index (κ3) is 5.95. The summed E-state index contributed by atoms with van der Waals surface area (Å²) in [6.07, 6.45) is 1.97. The number of halogens is 1. The summed E-state index contributed by atoms with van der Waals surface area (Å²) < 4.78 is 10.8. The van der Waals surface area contributed by atoms with E-state index in [0.717, 1.165) is 30.2 Å². The van der Waals surface area contributed by atoms with Crippen molar-refractivity contribution in [1.29, 1.82) is 0 Å². The van der Waals surface area contributed by atoms with Crippen molar-refractivity contribution in [2.75, 3.05) is 26.4 Å². The molecular weight excluding hydrogens is 226 g/mol. The monoisotopic (exact) mass is 243 g/mol. The fraction of sp³-hybridized carbons (Fsp3) is 0.500. The second-order valence-electron chi connectivity index (χ2n) is 3.41. The van der Waals surface area contributed by atoms with Gasteiger partial charge in [-0.25, -0.2) is 0 Å². The van der Waals surface area contributed by atoms with E-state index in [9.17, 15) is 0 Å². The zero-order valence-electron chi connectivity index (χ0n) is 9.32. The number of hydrogen-bond donors (Lipinski definition) is 1. The fourth-order valence-corrected chi connectivity index (χ4v) is 1.34. The third-order valence-corrected chi connectivity index (χ3v) is 2.28. The summed E-state index contributed by atoms with van der Waals surface area (Å²) in [6, 6.07) is 7.38. The van der Waals surface area contributed by atoms with Gasteiger partial charge in [0.1, 0.15) is 5.75 Å². The van der Waals surface area contributed by atoms with Crippen LogP contribution < -0.4 is 10.5 Å². The second-order valence-corrected chi connectivity index (χ2v) is 3.85. The van der Waals surface area contributed by atoms with Crippen LogP contribution in [-0.2, 0) is 4.74 Å². The topological polar surface area (TPSA) is 44.5 Å². The molecule has 0 aliphatic rings. The SMILES string of the molecule is NCCOCCCCOc1ccc(Cl)cc1. The molecule has 0 atom stereocenters. The van der Waals surface area contributed by atoms with Gasteiger partial charge >= 0.3 is 0 Å². The minimum Gasteiger partial charge on any atom is -0.494 e. The van der Waals surface area contributed by atoms with Crippen LogP contribution in [0.2, 0.25) is 5.02 Å². The average molecular weight is 244 g/mol. The van der Waals surface area contributed by atoms with Crippen LogP contribution in [0.3, 0.4) is 0 Å². The van der Waals surface area contributed by atoms with E-state index in [4.69, 9.17) is 26.8 Å². The molecule has 0 amide bonds. The Hall–Kier alpha value is -0.770. The minimum absolute atomic E-state index is 0.585. The summed E-state index contributed by atoms with van der Waals surface area (Å²) in [5.41, 5.74) is 5.30. The number of hydrogen-bond acceptors (Lipinski definition) is 3. The molecule has 0 aromatic heterocycles. The molecule has 0 saturated carbocycles. The molecular formula is C12H18ClNO2. The molecule has 3 nitrogen and oxygen atoms in total. The van der Waals surface area contributed by atoms with Gasteiger partial charge in [0, 0.05) is 18.2 Å². The largest absolute Gasteiger partial charge is 0.494 e. The molecule has 0 spiro atoms. The molecule has 0 aliphatic heterocycles. The first-order chi connectivity index (χ1) is 7.83. The molecule has 1 aromatic carbocycles. The highest BCUT2D eigenvalue weighted by Crippen LogP contribution is 2.15. The molecule has 0 aliphatic carbocycles. The van der Waals surface area contributed by atoms with E-state index in [1.54, 1.807) is 0 Å². The molecule has 0 heterocycles. The van der Waals surface area contributed by atoms with Gasteiger partial charge in [0.25, 0.3) is 0 Å². The van der Waals surface area contributed by atoms with Crippen molar-refractivity contribution in [1.82, 2.24) is 0 Å². The maximum absolute atomic E-state index is 5.76. The first kappa shape index (κ1) is 13.3. The van der Waals surface area contributed by atoms with Crippen molar-refractivity contribution >= 4 is 11.6 Å². The van der Waals surface area contributed by atoms with Gasteiger partial charge in [0.15, 0.2) is 0 Å². The normalized spacial score (nSPS) is 10.4. The number of unbranched alkanes of at least 4 members (excludes halogenated alkanes) is 1. The molecule has 90 valence electrons. The summed E-state index contributed by atoms with van der Waals surface area (Å²) in [7, 11) is 0. The van der Waals surface area contributed by atoms with Gasteiger partial charge in [-0.3, -0.25) is 0 Å². The Kier molecular flexibility index (Phi) is 6.97. The van der Waals surface area contributed by atoms with Gasteiger partial charge in [-0.15, -0.1) is 0 Å². The van der Waals surface area contributed by atoms with Crippen LogP contribution in [0.5, 0.6) is 5.75 Å². The van der Waals surface area contributed by atoms with E-state index in [1.165, 1.54) is 0 Å². The van der Waals surface area contributed by atoms with Crippen LogP contribution in [0.4, 0.5) is 0 Å². The van der Waals surface area contributed by atoms with Gasteiger partial charge in [0.05, 0.1) is 13.2 Å². The Morgan fingerprint density at radius 2 is 1.69 bits per heavy atom. The van der Waals surface area contributed by atoms with E-state index in [1.807, 2.05) is 24.3 Å². The van der Waals surface area contributed by atoms with Gasteiger partial charge in [-0.05, 0) is 37.1 Å². The Balaban J connectivity index is 2.01. The first-order valence-electron chi connectivity index (χ1n) is 5.49. The van der Waals surface area contributed by atoms with E-state index < -0.39 is 0 Å². The molecule has 4 heteroatoms. The molecule has 16 heavy (non-hydrogen) atoms. The fourth-order valence-electron chi connectivity index (χ4n) is 1.21. The van der Waals surface area contributed by atoms with Crippen molar-refractivity contribution in [3.8, 4) is 5.75 Å². The Morgan fingerprint density at radius 1 is 1.00 bits per heavy atom. The number of nitrogens with two attached hydrogens (primary N) is 1. The second kappa shape index (κ2) is 8.39. The molecule has 0 saturated heterocycles. The quantitative estimate of drug-likeness (QED) is 0.714. The van der Waals surface area contributed by atoms with E-state index in [2.05, 4.69) is 0 Å². The lowest BCUT2D eigenvalue weighted by molar-refractivity contribution is 0.133. The van der Waals surface area contributed by atoms with Gasteiger partial charge in [-0.2, -0.15) is 0 Å². The van der Waals surface area contributed by atoms with Gasteiger partial charge < -0.3 is 15.2 Å². The zero-order valence-corrected chi connectivity index (χ0v) is 10.1. The predicted octanol–water partition coefficient (Wildman–Crippen LogP) is 2.47. The smallest absolute Gasteiger partial charge is 0.119 e. The summed E-state index contributed by atoms with van der Waals surface area (Å²) in [6.45, 7) is 2.67. The van der Waals surface area contributed by atoms with Crippen molar-refractivity contribution < 1.29 is 9.47 Å². The van der Waals surface area contributed by atoms with E-state index in [-0.39, 0.29) is 0 Å². The zero-order chi connectivity index (χ0) is 11.6. The van der Waals surface area contributed by atoms with Gasteiger partial charge in [-0.1, -0.05) is 11.6 Å². The van der Waals surface area contributed by atoms with Crippen molar-refractivity contribution in [2.45, 2.75) is 12.8 Å². The van der Waals surface area contributed by atoms with Crippen LogP contribution in [-0.4, -0.2) is 26.4 Å². The Bertz CT molecular complexity index is 277. The van der Waals surface area contributed by atoms with Crippen molar-refractivity contribution in [2.24, 2.45) is 5.73 Å². The third-order valence-electron chi connectivity index (χ3n) is 2.03. The van der Waals surface area contributed by atoms with E-state index >= 15 is 0 Å². The summed E-state index contributed by atoms with van der Waals surface area (Å²) in [4.78, 5) is 0. The summed E-state index contributed by atoms with van der Waals surface area (Å²) in [5.74, 6) is 0.854. The molecule has 0 radical (unpaired) electrons. The maximum atomic E-state index is 5.76. The molecule has 0 unspecified atom stereocenters. The lowest BCUT2D eigenvalue weighted by atomic mass is 10.3. The average Bonchev–Trinajstić information content (AvgIpc) is 2.30. The predicted molar refractivity (Wildman–Crippen MR) is 66.1 cm³/mol. The van der Waals surface area contributed by atoms with Crippen LogP contribution in [0.25, 0.3) is 0 Å². The molecule has 2 N–H and O–H groups in total. The lowest BCUT2D eigenvalue weighted by Gasteiger charge is -2.06. The molecule has 1 rings (SSSR count). The number of benzene rings is 1. The van der Waals surface area contributed by atoms with Crippen LogP contribution in [0.15, 0.2) is 24.3 Å². The molecule has 0 fully saturated rings. The molecule has 1 aromatic rings. The minimum atomic E-state index is 0.585. The van der Waals surface area contributed by atoms with E-state index in [0.29, 0.717) is 19.8 Å². The highest BCUT2D eigenvalue weighted by atomic mass is 35.5. The van der Waals surface area contributed by atoms with Crippen LogP contribution in [0, 0.1) is 0 Å². The number of ether oxygens (including phenoxy) is 2. The number of rotatable bonds is 8. The first-order valence-corrected chi connectivity index (χ1v) is 5.87. The van der Waals surface area contributed by atoms with Crippen molar-refractivity contribution in [3.05, 3.63) is 29.3 Å².